The topological polar surface area (TPSA) is 125 Å². The van der Waals surface area contributed by atoms with Crippen LogP contribution in [-0.2, 0) is 16.0 Å². The molecule has 1 aromatic rings. The Balaban J connectivity index is 2.30. The van der Waals surface area contributed by atoms with Crippen molar-refractivity contribution in [3.05, 3.63) is 29.8 Å². The Hall–Kier alpha value is -2.12. The zero-order valence-corrected chi connectivity index (χ0v) is 10.3. The van der Waals surface area contributed by atoms with Crippen LogP contribution < -0.4 is 16.5 Å². The number of benzene rings is 1. The van der Waals surface area contributed by atoms with E-state index >= 15 is 0 Å². The maximum Gasteiger partial charge on any atom is 0.245 e. The van der Waals surface area contributed by atoms with Gasteiger partial charge < -0.3 is 16.2 Å². The molecule has 2 amide bonds. The van der Waals surface area contributed by atoms with Gasteiger partial charge in [0.05, 0.1) is 12.5 Å². The number of carbonyl (C=O) groups excluding carboxylic acids is 2. The SMILES string of the molecule is N[C@H](CC(=O)NO)C(=O)NCCc1ccc(O)cc1. The van der Waals surface area contributed by atoms with E-state index in [1.165, 1.54) is 5.48 Å². The third-order valence-electron chi connectivity index (χ3n) is 2.52. The fraction of sp³-hybridized carbons (Fsp3) is 0.333. The van der Waals surface area contributed by atoms with Crippen molar-refractivity contribution in [2.24, 2.45) is 5.73 Å². The van der Waals surface area contributed by atoms with Gasteiger partial charge in [0.2, 0.25) is 11.8 Å². The number of nitrogens with one attached hydrogen (secondary N) is 2. The third-order valence-corrected chi connectivity index (χ3v) is 2.52. The predicted molar refractivity (Wildman–Crippen MR) is 67.3 cm³/mol. The lowest BCUT2D eigenvalue weighted by Crippen LogP contribution is -2.44. The van der Waals surface area contributed by atoms with Crippen LogP contribution in [0.15, 0.2) is 24.3 Å². The number of nitrogens with two attached hydrogens (primary N) is 1. The van der Waals surface area contributed by atoms with Crippen LogP contribution in [0.4, 0.5) is 0 Å². The van der Waals surface area contributed by atoms with Gasteiger partial charge >= 0.3 is 0 Å². The number of rotatable bonds is 6. The van der Waals surface area contributed by atoms with Crippen LogP contribution in [0.1, 0.15) is 12.0 Å². The van der Waals surface area contributed by atoms with Crippen LogP contribution in [0, 0.1) is 0 Å². The van der Waals surface area contributed by atoms with Crippen molar-refractivity contribution in [3.63, 3.8) is 0 Å². The van der Waals surface area contributed by atoms with Gasteiger partial charge in [-0.3, -0.25) is 14.8 Å². The number of hydrogen-bond donors (Lipinski definition) is 5. The minimum Gasteiger partial charge on any atom is -0.508 e. The number of aromatic hydroxyl groups is 1. The maximum absolute atomic E-state index is 11.5. The molecule has 19 heavy (non-hydrogen) atoms. The predicted octanol–water partition coefficient (Wildman–Crippen LogP) is -0.726. The molecule has 0 spiro atoms. The Morgan fingerprint density at radius 3 is 2.47 bits per heavy atom. The van der Waals surface area contributed by atoms with Crippen molar-refractivity contribution in [1.82, 2.24) is 10.8 Å². The third kappa shape index (κ3) is 5.36. The molecule has 0 radical (unpaired) electrons. The maximum atomic E-state index is 11.5. The summed E-state index contributed by atoms with van der Waals surface area (Å²) in [6.45, 7) is 0.373. The first-order chi connectivity index (χ1) is 9.02. The molecule has 6 N–H and O–H groups in total. The van der Waals surface area contributed by atoms with Crippen LogP contribution in [0.25, 0.3) is 0 Å². The molecule has 104 valence electrons. The summed E-state index contributed by atoms with van der Waals surface area (Å²) in [5, 5.41) is 20.0. The Labute approximate surface area is 110 Å². The van der Waals surface area contributed by atoms with Crippen LogP contribution >= 0.6 is 0 Å². The quantitative estimate of drug-likeness (QED) is 0.343. The molecular weight excluding hydrogens is 250 g/mol. The van der Waals surface area contributed by atoms with Crippen molar-refractivity contribution >= 4 is 11.8 Å². The molecule has 0 aromatic heterocycles. The molecule has 0 saturated carbocycles. The van der Waals surface area contributed by atoms with Gasteiger partial charge in [0.25, 0.3) is 0 Å². The molecule has 0 aliphatic carbocycles. The fourth-order valence-corrected chi connectivity index (χ4v) is 1.46. The van der Waals surface area contributed by atoms with E-state index in [4.69, 9.17) is 16.0 Å². The smallest absolute Gasteiger partial charge is 0.245 e. The van der Waals surface area contributed by atoms with Crippen LogP contribution in [-0.4, -0.2) is 34.7 Å². The van der Waals surface area contributed by atoms with Gasteiger partial charge in [-0.15, -0.1) is 0 Å². The highest BCUT2D eigenvalue weighted by molar-refractivity contribution is 5.87. The zero-order valence-electron chi connectivity index (χ0n) is 10.3. The average Bonchev–Trinajstić information content (AvgIpc) is 2.40. The molecule has 0 heterocycles. The lowest BCUT2D eigenvalue weighted by Gasteiger charge is -2.11. The van der Waals surface area contributed by atoms with E-state index in [-0.39, 0.29) is 12.2 Å². The second-order valence-corrected chi connectivity index (χ2v) is 4.05. The molecule has 1 aromatic carbocycles. The molecule has 7 nitrogen and oxygen atoms in total. The minimum atomic E-state index is -0.994. The van der Waals surface area contributed by atoms with Crippen LogP contribution in [0.2, 0.25) is 0 Å². The Bertz CT molecular complexity index is 433. The highest BCUT2D eigenvalue weighted by Gasteiger charge is 2.16. The molecule has 1 rings (SSSR count). The van der Waals surface area contributed by atoms with E-state index in [0.717, 1.165) is 5.56 Å². The first-order valence-corrected chi connectivity index (χ1v) is 5.77. The van der Waals surface area contributed by atoms with Crippen molar-refractivity contribution < 1.29 is 19.9 Å². The largest absolute Gasteiger partial charge is 0.508 e. The van der Waals surface area contributed by atoms with E-state index in [0.29, 0.717) is 13.0 Å². The number of hydrogen-bond acceptors (Lipinski definition) is 5. The van der Waals surface area contributed by atoms with Crippen LogP contribution in [0.5, 0.6) is 5.75 Å². The van der Waals surface area contributed by atoms with Gasteiger partial charge in [0, 0.05) is 6.54 Å². The number of hydroxylamine groups is 1. The summed E-state index contributed by atoms with van der Waals surface area (Å²) in [4.78, 5) is 22.3. The molecule has 0 aliphatic heterocycles. The fourth-order valence-electron chi connectivity index (χ4n) is 1.46. The zero-order chi connectivity index (χ0) is 14.3. The standard InChI is InChI=1S/C12H17N3O4/c13-10(7-11(17)15-19)12(18)14-6-5-8-1-3-9(16)4-2-8/h1-4,10,16,19H,5-7,13H2,(H,14,18)(H,15,17)/t10-/m1/s1. The van der Waals surface area contributed by atoms with Crippen molar-refractivity contribution in [3.8, 4) is 5.75 Å². The van der Waals surface area contributed by atoms with Gasteiger partial charge in [0.15, 0.2) is 0 Å². The number of amides is 2. The lowest BCUT2D eigenvalue weighted by atomic mass is 10.1. The summed E-state index contributed by atoms with van der Waals surface area (Å²) in [6.07, 6.45) is 0.312. The molecule has 0 unspecified atom stereocenters. The highest BCUT2D eigenvalue weighted by Crippen LogP contribution is 2.09. The molecular formula is C12H17N3O4. The van der Waals surface area contributed by atoms with E-state index < -0.39 is 17.9 Å². The van der Waals surface area contributed by atoms with Gasteiger partial charge in [-0.05, 0) is 24.1 Å². The normalized spacial score (nSPS) is 11.7. The Kier molecular flexibility index (Phi) is 5.77. The van der Waals surface area contributed by atoms with Gasteiger partial charge in [-0.25, -0.2) is 5.48 Å². The van der Waals surface area contributed by atoms with Crippen molar-refractivity contribution in [1.29, 1.82) is 0 Å². The first kappa shape index (κ1) is 14.9. The second kappa shape index (κ2) is 7.34. The molecule has 0 fully saturated rings. The van der Waals surface area contributed by atoms with Gasteiger partial charge in [0.1, 0.15) is 5.75 Å². The number of carbonyl (C=O) groups is 2. The van der Waals surface area contributed by atoms with Gasteiger partial charge in [-0.2, -0.15) is 0 Å². The van der Waals surface area contributed by atoms with E-state index in [2.05, 4.69) is 5.32 Å². The Morgan fingerprint density at radius 2 is 1.89 bits per heavy atom. The molecule has 1 atom stereocenters. The summed E-state index contributed by atoms with van der Waals surface area (Å²) in [5.74, 6) is -0.978. The molecule has 7 heteroatoms. The molecule has 0 bridgehead atoms. The summed E-state index contributed by atoms with van der Waals surface area (Å²) in [5.41, 5.74) is 7.85. The second-order valence-electron chi connectivity index (χ2n) is 4.05. The first-order valence-electron chi connectivity index (χ1n) is 5.77. The van der Waals surface area contributed by atoms with E-state index in [1.54, 1.807) is 24.3 Å². The molecule has 0 saturated heterocycles. The van der Waals surface area contributed by atoms with Crippen molar-refractivity contribution in [2.75, 3.05) is 6.54 Å². The summed E-state index contributed by atoms with van der Waals surface area (Å²) >= 11 is 0. The van der Waals surface area contributed by atoms with Crippen LogP contribution in [0.3, 0.4) is 0 Å². The molecule has 0 aliphatic rings. The average molecular weight is 267 g/mol. The summed E-state index contributed by atoms with van der Waals surface area (Å²) in [7, 11) is 0. The van der Waals surface area contributed by atoms with E-state index in [9.17, 15) is 9.59 Å². The monoisotopic (exact) mass is 267 g/mol. The summed E-state index contributed by atoms with van der Waals surface area (Å²) in [6, 6.07) is 5.64. The van der Waals surface area contributed by atoms with Crippen molar-refractivity contribution in [2.45, 2.75) is 18.9 Å². The summed E-state index contributed by atoms with van der Waals surface area (Å²) < 4.78 is 0. The minimum absolute atomic E-state index is 0.185. The highest BCUT2D eigenvalue weighted by atomic mass is 16.5. The lowest BCUT2D eigenvalue weighted by molar-refractivity contribution is -0.132. The van der Waals surface area contributed by atoms with Gasteiger partial charge in [-0.1, -0.05) is 12.1 Å². The number of phenols is 1. The number of phenolic OH excluding ortho intramolecular Hbond substituents is 1. The van der Waals surface area contributed by atoms with E-state index in [1.807, 2.05) is 0 Å². The Morgan fingerprint density at radius 1 is 1.26 bits per heavy atom.